The molecule has 2 heterocycles. The summed E-state index contributed by atoms with van der Waals surface area (Å²) in [6.07, 6.45) is -3.37. The molecular formula is C16H19F3N2O3. The molecule has 0 aliphatic carbocycles. The number of halogens is 3. The van der Waals surface area contributed by atoms with Gasteiger partial charge in [0.15, 0.2) is 0 Å². The van der Waals surface area contributed by atoms with E-state index in [1.807, 2.05) is 13.8 Å². The highest BCUT2D eigenvalue weighted by Crippen LogP contribution is 2.31. The van der Waals surface area contributed by atoms with E-state index in [2.05, 4.69) is 6.58 Å². The van der Waals surface area contributed by atoms with Crippen LogP contribution in [0.2, 0.25) is 0 Å². The number of carbonyl (C=O) groups is 2. The maximum atomic E-state index is 12.6. The van der Waals surface area contributed by atoms with Crippen LogP contribution in [-0.2, 0) is 22.3 Å². The van der Waals surface area contributed by atoms with Crippen molar-refractivity contribution >= 4 is 11.8 Å². The summed E-state index contributed by atoms with van der Waals surface area (Å²) in [4.78, 5) is 27.1. The van der Waals surface area contributed by atoms with E-state index in [9.17, 15) is 22.8 Å². The molecule has 1 unspecified atom stereocenters. The molecule has 1 aliphatic heterocycles. The van der Waals surface area contributed by atoms with Gasteiger partial charge in [0.1, 0.15) is 5.76 Å². The van der Waals surface area contributed by atoms with Gasteiger partial charge in [0.2, 0.25) is 17.6 Å². The Balaban J connectivity index is 2.18. The third-order valence-corrected chi connectivity index (χ3v) is 3.93. The first-order chi connectivity index (χ1) is 11.1. The summed E-state index contributed by atoms with van der Waals surface area (Å²) in [6, 6.07) is 1.57. The van der Waals surface area contributed by atoms with Crippen LogP contribution in [0, 0.1) is 0 Å². The van der Waals surface area contributed by atoms with Crippen molar-refractivity contribution in [2.45, 2.75) is 45.1 Å². The van der Waals surface area contributed by atoms with Gasteiger partial charge in [-0.25, -0.2) is 0 Å². The Kier molecular flexibility index (Phi) is 5.05. The Bertz CT molecular complexity index is 637. The minimum atomic E-state index is -4.58. The van der Waals surface area contributed by atoms with Gasteiger partial charge in [-0.15, -0.1) is 0 Å². The van der Waals surface area contributed by atoms with Gasteiger partial charge < -0.3 is 14.2 Å². The molecule has 0 N–H and O–H groups in total. The SMILES string of the molecule is C=CC(=O)N(Cc1ccc(C(F)(F)F)o1)C1CC(=O)N(C(C)C)C1. The quantitative estimate of drug-likeness (QED) is 0.772. The monoisotopic (exact) mass is 344 g/mol. The van der Waals surface area contributed by atoms with Crippen molar-refractivity contribution in [3.05, 3.63) is 36.3 Å². The fourth-order valence-corrected chi connectivity index (χ4v) is 2.71. The predicted octanol–water partition coefficient (Wildman–Crippen LogP) is 2.82. The summed E-state index contributed by atoms with van der Waals surface area (Å²) in [7, 11) is 0. The number of nitrogens with zero attached hydrogens (tertiary/aromatic N) is 2. The number of carbonyl (C=O) groups excluding carboxylic acids is 2. The van der Waals surface area contributed by atoms with Crippen molar-refractivity contribution in [2.24, 2.45) is 0 Å². The molecule has 8 heteroatoms. The van der Waals surface area contributed by atoms with E-state index in [4.69, 9.17) is 4.42 Å². The van der Waals surface area contributed by atoms with Crippen LogP contribution in [0.4, 0.5) is 13.2 Å². The lowest BCUT2D eigenvalue weighted by molar-refractivity contribution is -0.153. The lowest BCUT2D eigenvalue weighted by Gasteiger charge is -2.28. The van der Waals surface area contributed by atoms with Crippen LogP contribution in [0.25, 0.3) is 0 Å². The smallest absolute Gasteiger partial charge is 0.449 e. The highest BCUT2D eigenvalue weighted by atomic mass is 19.4. The summed E-state index contributed by atoms with van der Waals surface area (Å²) in [5.74, 6) is -1.65. The van der Waals surface area contributed by atoms with Gasteiger partial charge >= 0.3 is 6.18 Å². The first-order valence-corrected chi connectivity index (χ1v) is 7.52. The second kappa shape index (κ2) is 6.70. The minimum absolute atomic E-state index is 0.00738. The van der Waals surface area contributed by atoms with Gasteiger partial charge in [-0.1, -0.05) is 6.58 Å². The molecule has 24 heavy (non-hydrogen) atoms. The zero-order valence-corrected chi connectivity index (χ0v) is 13.5. The summed E-state index contributed by atoms with van der Waals surface area (Å²) < 4.78 is 42.6. The van der Waals surface area contributed by atoms with Crippen molar-refractivity contribution in [2.75, 3.05) is 6.54 Å². The van der Waals surface area contributed by atoms with Crippen molar-refractivity contribution in [3.63, 3.8) is 0 Å². The van der Waals surface area contributed by atoms with Crippen molar-refractivity contribution < 1.29 is 27.2 Å². The van der Waals surface area contributed by atoms with E-state index in [0.717, 1.165) is 12.1 Å². The number of alkyl halides is 3. The summed E-state index contributed by atoms with van der Waals surface area (Å²) >= 11 is 0. The average molecular weight is 344 g/mol. The molecule has 2 rings (SSSR count). The molecule has 0 saturated carbocycles. The molecule has 5 nitrogen and oxygen atoms in total. The number of hydrogen-bond acceptors (Lipinski definition) is 3. The molecule has 0 radical (unpaired) electrons. The fraction of sp³-hybridized carbons (Fsp3) is 0.500. The third kappa shape index (κ3) is 3.80. The summed E-state index contributed by atoms with van der Waals surface area (Å²) in [5, 5.41) is 0. The van der Waals surface area contributed by atoms with Gasteiger partial charge in [0.05, 0.1) is 12.6 Å². The number of furan rings is 1. The summed E-state index contributed by atoms with van der Waals surface area (Å²) in [5.41, 5.74) is 0. The Morgan fingerprint density at radius 2 is 2.17 bits per heavy atom. The average Bonchev–Trinajstić information content (AvgIpc) is 3.10. The maximum absolute atomic E-state index is 12.6. The van der Waals surface area contributed by atoms with Crippen LogP contribution in [-0.4, -0.2) is 40.2 Å². The largest absolute Gasteiger partial charge is 0.455 e. The lowest BCUT2D eigenvalue weighted by Crippen LogP contribution is -2.41. The van der Waals surface area contributed by atoms with Gasteiger partial charge in [-0.3, -0.25) is 9.59 Å². The van der Waals surface area contributed by atoms with E-state index in [0.29, 0.717) is 6.54 Å². The Morgan fingerprint density at radius 3 is 2.62 bits per heavy atom. The second-order valence-corrected chi connectivity index (χ2v) is 5.93. The normalized spacial score (nSPS) is 18.3. The predicted molar refractivity (Wildman–Crippen MR) is 79.7 cm³/mol. The van der Waals surface area contributed by atoms with Crippen LogP contribution in [0.15, 0.2) is 29.2 Å². The topological polar surface area (TPSA) is 53.8 Å². The van der Waals surface area contributed by atoms with Crippen molar-refractivity contribution in [3.8, 4) is 0 Å². The van der Waals surface area contributed by atoms with Crippen LogP contribution < -0.4 is 0 Å². The maximum Gasteiger partial charge on any atom is 0.449 e. The van der Waals surface area contributed by atoms with Crippen molar-refractivity contribution in [1.82, 2.24) is 9.80 Å². The van der Waals surface area contributed by atoms with Crippen LogP contribution in [0.1, 0.15) is 31.8 Å². The van der Waals surface area contributed by atoms with Gasteiger partial charge in [-0.05, 0) is 32.1 Å². The van der Waals surface area contributed by atoms with E-state index >= 15 is 0 Å². The van der Waals surface area contributed by atoms with Crippen LogP contribution in [0.5, 0.6) is 0 Å². The van der Waals surface area contributed by atoms with E-state index in [1.165, 1.54) is 11.0 Å². The molecule has 2 amide bonds. The standard InChI is InChI=1S/C16H19F3N2O3/c1-4-14(22)21(11-7-15(23)20(8-11)10(2)3)9-12-5-6-13(24-12)16(17,18)19/h4-6,10-11H,1,7-9H2,2-3H3. The molecule has 1 aliphatic rings. The Morgan fingerprint density at radius 1 is 1.50 bits per heavy atom. The number of amides is 2. The van der Waals surface area contributed by atoms with E-state index in [-0.39, 0.29) is 30.7 Å². The molecule has 1 aromatic rings. The number of hydrogen-bond donors (Lipinski definition) is 0. The van der Waals surface area contributed by atoms with E-state index < -0.39 is 23.9 Å². The molecule has 1 aromatic heterocycles. The molecule has 132 valence electrons. The van der Waals surface area contributed by atoms with Crippen LogP contribution in [0.3, 0.4) is 0 Å². The molecule has 1 fully saturated rings. The van der Waals surface area contributed by atoms with Gasteiger partial charge in [0, 0.05) is 19.0 Å². The first-order valence-electron chi connectivity index (χ1n) is 7.52. The zero-order chi connectivity index (χ0) is 18.1. The van der Waals surface area contributed by atoms with Gasteiger partial charge in [0.25, 0.3) is 0 Å². The molecule has 0 spiro atoms. The molecule has 0 bridgehead atoms. The summed E-state index contributed by atoms with van der Waals surface area (Å²) in [6.45, 7) is 7.33. The first kappa shape index (κ1) is 18.1. The zero-order valence-electron chi connectivity index (χ0n) is 13.5. The Labute approximate surface area is 137 Å². The fourth-order valence-electron chi connectivity index (χ4n) is 2.71. The highest BCUT2D eigenvalue weighted by molar-refractivity contribution is 5.88. The Hall–Kier alpha value is -2.25. The number of rotatable bonds is 5. The lowest BCUT2D eigenvalue weighted by atomic mass is 10.2. The molecule has 1 atom stereocenters. The van der Waals surface area contributed by atoms with Crippen molar-refractivity contribution in [1.29, 1.82) is 0 Å². The van der Waals surface area contributed by atoms with Crippen LogP contribution >= 0.6 is 0 Å². The number of likely N-dealkylation sites (tertiary alicyclic amines) is 1. The third-order valence-electron chi connectivity index (χ3n) is 3.93. The van der Waals surface area contributed by atoms with E-state index in [1.54, 1.807) is 4.90 Å². The highest BCUT2D eigenvalue weighted by Gasteiger charge is 2.38. The molecule has 1 saturated heterocycles. The molecular weight excluding hydrogens is 325 g/mol. The second-order valence-electron chi connectivity index (χ2n) is 5.93. The minimum Gasteiger partial charge on any atom is -0.455 e. The molecule has 0 aromatic carbocycles. The van der Waals surface area contributed by atoms with Gasteiger partial charge in [-0.2, -0.15) is 13.2 Å².